The Morgan fingerprint density at radius 3 is 2.96 bits per heavy atom. The molecular formula is C16H10ClN3OS2. The van der Waals surface area contributed by atoms with E-state index in [1.165, 1.54) is 0 Å². The van der Waals surface area contributed by atoms with Crippen molar-refractivity contribution in [2.75, 3.05) is 11.1 Å². The summed E-state index contributed by atoms with van der Waals surface area (Å²) in [6, 6.07) is 13.3. The molecule has 0 bridgehead atoms. The molecule has 0 saturated heterocycles. The second-order valence-electron chi connectivity index (χ2n) is 4.61. The van der Waals surface area contributed by atoms with Gasteiger partial charge in [-0.05, 0) is 36.0 Å². The number of nitriles is 1. The van der Waals surface area contributed by atoms with E-state index in [-0.39, 0.29) is 11.7 Å². The molecule has 7 heteroatoms. The van der Waals surface area contributed by atoms with Crippen molar-refractivity contribution in [2.24, 2.45) is 0 Å². The highest BCUT2D eigenvalue weighted by atomic mass is 35.5. The number of thiocyanates is 1. The molecule has 1 aromatic heterocycles. The van der Waals surface area contributed by atoms with Crippen LogP contribution in [0, 0.1) is 10.7 Å². The van der Waals surface area contributed by atoms with Gasteiger partial charge in [0.1, 0.15) is 10.4 Å². The number of hydrogen-bond donors (Lipinski definition) is 1. The molecule has 0 aliphatic rings. The fourth-order valence-electron chi connectivity index (χ4n) is 2.03. The maximum Gasteiger partial charge on any atom is 0.235 e. The summed E-state index contributed by atoms with van der Waals surface area (Å²) < 4.78 is 1.11. The van der Waals surface area contributed by atoms with Gasteiger partial charge in [-0.3, -0.25) is 4.79 Å². The van der Waals surface area contributed by atoms with Crippen LogP contribution in [-0.4, -0.2) is 16.6 Å². The van der Waals surface area contributed by atoms with Crippen LogP contribution in [0.2, 0.25) is 5.02 Å². The molecule has 2 aromatic carbocycles. The molecule has 0 aliphatic heterocycles. The molecule has 23 heavy (non-hydrogen) atoms. The summed E-state index contributed by atoms with van der Waals surface area (Å²) in [5.41, 5.74) is 2.35. The van der Waals surface area contributed by atoms with E-state index in [1.54, 1.807) is 23.5 Å². The number of hydrogen-bond acceptors (Lipinski definition) is 5. The smallest absolute Gasteiger partial charge is 0.235 e. The molecule has 0 unspecified atom stereocenters. The number of para-hydroxylation sites is 1. The second kappa shape index (κ2) is 7.01. The Morgan fingerprint density at radius 2 is 2.17 bits per heavy atom. The van der Waals surface area contributed by atoms with Crippen molar-refractivity contribution in [1.82, 2.24) is 4.98 Å². The van der Waals surface area contributed by atoms with Crippen molar-refractivity contribution in [3.05, 3.63) is 47.5 Å². The lowest BCUT2D eigenvalue weighted by atomic mass is 10.2. The molecule has 3 rings (SSSR count). The SMILES string of the molecule is N#CSCC(=O)Nc1cc(-c2nc3ccccc3s2)ccc1Cl. The number of thiazole rings is 1. The third kappa shape index (κ3) is 3.64. The summed E-state index contributed by atoms with van der Waals surface area (Å²) in [7, 11) is 0. The van der Waals surface area contributed by atoms with Crippen LogP contribution in [0.4, 0.5) is 5.69 Å². The molecule has 4 nitrogen and oxygen atoms in total. The van der Waals surface area contributed by atoms with Gasteiger partial charge in [0.05, 0.1) is 26.7 Å². The third-order valence-electron chi connectivity index (χ3n) is 3.05. The van der Waals surface area contributed by atoms with Crippen molar-refractivity contribution in [3.63, 3.8) is 0 Å². The van der Waals surface area contributed by atoms with E-state index in [0.29, 0.717) is 10.7 Å². The molecule has 1 amide bonds. The number of nitrogens with one attached hydrogen (secondary N) is 1. The first-order valence-corrected chi connectivity index (χ1v) is 8.81. The van der Waals surface area contributed by atoms with Gasteiger partial charge in [-0.25, -0.2) is 4.98 Å². The summed E-state index contributed by atoms with van der Waals surface area (Å²) >= 11 is 8.61. The Bertz CT molecular complexity index is 884. The van der Waals surface area contributed by atoms with Crippen LogP contribution < -0.4 is 5.32 Å². The molecule has 0 spiro atoms. The molecular weight excluding hydrogens is 350 g/mol. The maximum absolute atomic E-state index is 11.8. The highest BCUT2D eigenvalue weighted by molar-refractivity contribution is 8.04. The van der Waals surface area contributed by atoms with Crippen LogP contribution in [0.15, 0.2) is 42.5 Å². The third-order valence-corrected chi connectivity index (χ3v) is 5.00. The lowest BCUT2D eigenvalue weighted by Crippen LogP contribution is -2.14. The van der Waals surface area contributed by atoms with Crippen LogP contribution in [0.3, 0.4) is 0 Å². The average Bonchev–Trinajstić information content (AvgIpc) is 2.99. The maximum atomic E-state index is 11.8. The Morgan fingerprint density at radius 1 is 1.35 bits per heavy atom. The monoisotopic (exact) mass is 359 g/mol. The number of anilines is 1. The summed E-state index contributed by atoms with van der Waals surface area (Å²) in [6.45, 7) is 0. The Hall–Kier alpha value is -2.07. The van der Waals surface area contributed by atoms with Crippen molar-refractivity contribution in [1.29, 1.82) is 5.26 Å². The number of rotatable bonds is 4. The number of nitrogens with zero attached hydrogens (tertiary/aromatic N) is 2. The Labute approximate surface area is 146 Å². The number of fused-ring (bicyclic) bond motifs is 1. The normalized spacial score (nSPS) is 10.4. The van der Waals surface area contributed by atoms with Crippen LogP contribution >= 0.6 is 34.7 Å². The Balaban J connectivity index is 1.90. The number of carbonyl (C=O) groups excluding carboxylic acids is 1. The van der Waals surface area contributed by atoms with Crippen molar-refractivity contribution >= 4 is 56.5 Å². The number of thioether (sulfide) groups is 1. The van der Waals surface area contributed by atoms with Gasteiger partial charge in [0.2, 0.25) is 5.91 Å². The number of amides is 1. The van der Waals surface area contributed by atoms with E-state index in [4.69, 9.17) is 16.9 Å². The van der Waals surface area contributed by atoms with Gasteiger partial charge in [0.25, 0.3) is 0 Å². The zero-order valence-corrected chi connectivity index (χ0v) is 14.1. The minimum Gasteiger partial charge on any atom is -0.324 e. The zero-order valence-electron chi connectivity index (χ0n) is 11.7. The molecule has 0 aliphatic carbocycles. The molecule has 0 saturated carbocycles. The van der Waals surface area contributed by atoms with Gasteiger partial charge in [-0.1, -0.05) is 29.8 Å². The number of benzene rings is 2. The minimum absolute atomic E-state index is 0.0677. The summed E-state index contributed by atoms with van der Waals surface area (Å²) in [5, 5.41) is 14.4. The number of halogens is 1. The first-order valence-electron chi connectivity index (χ1n) is 6.63. The highest BCUT2D eigenvalue weighted by Crippen LogP contribution is 2.33. The summed E-state index contributed by atoms with van der Waals surface area (Å²) in [5.74, 6) is -0.196. The van der Waals surface area contributed by atoms with Crippen molar-refractivity contribution in [3.8, 4) is 16.0 Å². The lowest BCUT2D eigenvalue weighted by molar-refractivity contribution is -0.113. The zero-order chi connectivity index (χ0) is 16.2. The van der Waals surface area contributed by atoms with Gasteiger partial charge in [-0.15, -0.1) is 11.3 Å². The van der Waals surface area contributed by atoms with Gasteiger partial charge in [0, 0.05) is 5.56 Å². The summed E-state index contributed by atoms with van der Waals surface area (Å²) in [6.07, 6.45) is 0. The van der Waals surface area contributed by atoms with Crippen LogP contribution in [0.1, 0.15) is 0 Å². The first kappa shape index (κ1) is 15.8. The van der Waals surface area contributed by atoms with E-state index in [0.717, 1.165) is 32.5 Å². The van der Waals surface area contributed by atoms with E-state index >= 15 is 0 Å². The van der Waals surface area contributed by atoms with Gasteiger partial charge in [-0.2, -0.15) is 5.26 Å². The topological polar surface area (TPSA) is 65.8 Å². The number of carbonyl (C=O) groups is 1. The van der Waals surface area contributed by atoms with Crippen LogP contribution in [-0.2, 0) is 4.79 Å². The summed E-state index contributed by atoms with van der Waals surface area (Å²) in [4.78, 5) is 16.4. The van der Waals surface area contributed by atoms with E-state index in [1.807, 2.05) is 35.7 Å². The molecule has 3 aromatic rings. The molecule has 0 radical (unpaired) electrons. The second-order valence-corrected chi connectivity index (χ2v) is 6.81. The van der Waals surface area contributed by atoms with E-state index in [2.05, 4.69) is 10.3 Å². The predicted octanol–water partition coefficient (Wildman–Crippen LogP) is 4.77. The van der Waals surface area contributed by atoms with E-state index < -0.39 is 0 Å². The molecule has 1 heterocycles. The first-order chi connectivity index (χ1) is 11.2. The standard InChI is InChI=1S/C16H10ClN3OS2/c17-11-6-5-10(7-13(11)19-15(21)8-22-9-18)16-20-12-3-1-2-4-14(12)23-16/h1-7H,8H2,(H,19,21). The van der Waals surface area contributed by atoms with Crippen molar-refractivity contribution < 1.29 is 4.79 Å². The predicted molar refractivity (Wildman–Crippen MR) is 96.8 cm³/mol. The largest absolute Gasteiger partial charge is 0.324 e. The number of aromatic nitrogens is 1. The van der Waals surface area contributed by atoms with Crippen LogP contribution in [0.5, 0.6) is 0 Å². The van der Waals surface area contributed by atoms with E-state index in [9.17, 15) is 4.79 Å². The van der Waals surface area contributed by atoms with Gasteiger partial charge < -0.3 is 5.32 Å². The fraction of sp³-hybridized carbons (Fsp3) is 0.0625. The fourth-order valence-corrected chi connectivity index (χ4v) is 3.43. The highest BCUT2D eigenvalue weighted by Gasteiger charge is 2.11. The average molecular weight is 360 g/mol. The Kier molecular flexibility index (Phi) is 4.82. The van der Waals surface area contributed by atoms with Gasteiger partial charge >= 0.3 is 0 Å². The van der Waals surface area contributed by atoms with Crippen molar-refractivity contribution in [2.45, 2.75) is 0 Å². The lowest BCUT2D eigenvalue weighted by Gasteiger charge is -2.07. The van der Waals surface area contributed by atoms with Crippen LogP contribution in [0.25, 0.3) is 20.8 Å². The van der Waals surface area contributed by atoms with Gasteiger partial charge in [0.15, 0.2) is 0 Å². The minimum atomic E-state index is -0.264. The quantitative estimate of drug-likeness (QED) is 0.681. The molecule has 0 atom stereocenters. The molecule has 1 N–H and O–H groups in total. The molecule has 0 fully saturated rings. The molecule has 114 valence electrons.